The fourth-order valence-electron chi connectivity index (χ4n) is 3.91. The van der Waals surface area contributed by atoms with E-state index in [1.165, 1.54) is 17.8 Å². The van der Waals surface area contributed by atoms with E-state index < -0.39 is 23.3 Å². The maximum atomic E-state index is 15.1. The second-order valence-corrected chi connectivity index (χ2v) is 9.10. The molecule has 0 aliphatic rings. The molecule has 0 saturated heterocycles. The number of alkyl halides is 1. The highest BCUT2D eigenvalue weighted by atomic mass is 19.1. The molecule has 0 amide bonds. The fraction of sp³-hybridized carbons (Fsp3) is 0.360. The summed E-state index contributed by atoms with van der Waals surface area (Å²) in [6.45, 7) is 8.11. The van der Waals surface area contributed by atoms with E-state index in [-0.39, 0.29) is 29.1 Å². The van der Waals surface area contributed by atoms with Crippen molar-refractivity contribution in [1.82, 2.24) is 24.3 Å². The van der Waals surface area contributed by atoms with Gasteiger partial charge in [0.2, 0.25) is 6.36 Å². The predicted molar refractivity (Wildman–Crippen MR) is 127 cm³/mol. The number of aryl methyl sites for hydroxylation is 2. The minimum Gasteiger partial charge on any atom is -0.460 e. The Bertz CT molecular complexity index is 1490. The zero-order valence-electron chi connectivity index (χ0n) is 20.4. The highest BCUT2D eigenvalue weighted by molar-refractivity contribution is 5.79. The van der Waals surface area contributed by atoms with Gasteiger partial charge in [-0.3, -0.25) is 14.2 Å². The first-order chi connectivity index (χ1) is 16.4. The number of hydrogen-bond acceptors (Lipinski definition) is 6. The van der Waals surface area contributed by atoms with Gasteiger partial charge in [-0.1, -0.05) is 17.7 Å². The van der Waals surface area contributed by atoms with Gasteiger partial charge < -0.3 is 9.84 Å². The van der Waals surface area contributed by atoms with E-state index in [2.05, 4.69) is 15.0 Å². The van der Waals surface area contributed by atoms with Crippen LogP contribution < -0.4 is 10.3 Å². The Morgan fingerprint density at radius 3 is 2.54 bits per heavy atom. The Hall–Kier alpha value is -3.66. The molecular weight excluding hydrogens is 456 g/mol. The van der Waals surface area contributed by atoms with Crippen LogP contribution in [0.2, 0.25) is 0 Å². The van der Waals surface area contributed by atoms with Crippen LogP contribution in [-0.4, -0.2) is 35.8 Å². The van der Waals surface area contributed by atoms with E-state index in [1.807, 2.05) is 13.0 Å². The third kappa shape index (κ3) is 4.66. The van der Waals surface area contributed by atoms with Crippen molar-refractivity contribution in [2.45, 2.75) is 53.1 Å². The second-order valence-electron chi connectivity index (χ2n) is 9.10. The largest absolute Gasteiger partial charge is 0.460 e. The van der Waals surface area contributed by atoms with Gasteiger partial charge >= 0.3 is 0 Å². The lowest BCUT2D eigenvalue weighted by atomic mass is 10.1. The summed E-state index contributed by atoms with van der Waals surface area (Å²) in [6.07, 6.45) is -0.108. The van der Waals surface area contributed by atoms with Crippen molar-refractivity contribution in [3.63, 3.8) is 0 Å². The Balaban J connectivity index is 1.88. The van der Waals surface area contributed by atoms with Crippen molar-refractivity contribution in [1.29, 1.82) is 0 Å². The Kier molecular flexibility index (Phi) is 6.18. The molecule has 1 N–H and O–H groups in total. The highest BCUT2D eigenvalue weighted by Gasteiger charge is 2.23. The summed E-state index contributed by atoms with van der Waals surface area (Å²) in [7, 11) is 1.56. The summed E-state index contributed by atoms with van der Waals surface area (Å²) in [5.74, 6) is -0.152. The SMILES string of the molecule is Cc1ccc(OC(C)F)c(Cn2c3nc(-c4cnc(C(C)(C)O)nc4C)c(F)cc3c(=O)n2C)c1. The van der Waals surface area contributed by atoms with Gasteiger partial charge in [0.15, 0.2) is 17.3 Å². The van der Waals surface area contributed by atoms with Crippen LogP contribution in [0.25, 0.3) is 22.3 Å². The number of pyridine rings is 1. The first kappa shape index (κ1) is 24.5. The molecule has 0 aliphatic heterocycles. The maximum Gasteiger partial charge on any atom is 0.276 e. The maximum absolute atomic E-state index is 15.1. The molecule has 1 aromatic carbocycles. The minimum absolute atomic E-state index is 0.0188. The highest BCUT2D eigenvalue weighted by Crippen LogP contribution is 2.28. The number of aromatic nitrogens is 5. The van der Waals surface area contributed by atoms with E-state index in [4.69, 9.17) is 4.74 Å². The lowest BCUT2D eigenvalue weighted by Gasteiger charge is -2.17. The molecule has 0 aliphatic carbocycles. The van der Waals surface area contributed by atoms with Crippen LogP contribution in [0.4, 0.5) is 8.78 Å². The quantitative estimate of drug-likeness (QED) is 0.447. The molecule has 0 radical (unpaired) electrons. The Morgan fingerprint density at radius 2 is 1.91 bits per heavy atom. The summed E-state index contributed by atoms with van der Waals surface area (Å²) in [4.78, 5) is 25.9. The van der Waals surface area contributed by atoms with Crippen LogP contribution in [-0.2, 0) is 19.2 Å². The third-order valence-corrected chi connectivity index (χ3v) is 5.69. The molecule has 0 fully saturated rings. The van der Waals surface area contributed by atoms with Gasteiger partial charge in [0, 0.05) is 31.3 Å². The normalized spacial score (nSPS) is 12.8. The van der Waals surface area contributed by atoms with Crippen molar-refractivity contribution >= 4 is 11.0 Å². The van der Waals surface area contributed by atoms with E-state index in [0.717, 1.165) is 11.6 Å². The zero-order valence-corrected chi connectivity index (χ0v) is 20.4. The lowest BCUT2D eigenvalue weighted by molar-refractivity contribution is 0.0685. The molecule has 4 aromatic rings. The second kappa shape index (κ2) is 8.84. The number of ether oxygens (including phenoxy) is 1. The molecule has 3 aromatic heterocycles. The Morgan fingerprint density at radius 1 is 1.20 bits per heavy atom. The number of aliphatic hydroxyl groups is 1. The van der Waals surface area contributed by atoms with Crippen LogP contribution in [0.1, 0.15) is 43.4 Å². The number of nitrogens with zero attached hydrogens (tertiary/aromatic N) is 5. The first-order valence-electron chi connectivity index (χ1n) is 11.1. The number of benzene rings is 1. The lowest BCUT2D eigenvalue weighted by Crippen LogP contribution is -2.20. The summed E-state index contributed by atoms with van der Waals surface area (Å²) in [5.41, 5.74) is 0.894. The summed E-state index contributed by atoms with van der Waals surface area (Å²) < 4.78 is 37.0. The van der Waals surface area contributed by atoms with Crippen LogP contribution in [0, 0.1) is 19.7 Å². The summed E-state index contributed by atoms with van der Waals surface area (Å²) in [6, 6.07) is 6.47. The van der Waals surface area contributed by atoms with Gasteiger partial charge in [-0.05, 0) is 39.8 Å². The molecule has 1 unspecified atom stereocenters. The van der Waals surface area contributed by atoms with Crippen LogP contribution in [0.3, 0.4) is 0 Å². The van der Waals surface area contributed by atoms with Gasteiger partial charge in [-0.2, -0.15) is 0 Å². The smallest absolute Gasteiger partial charge is 0.276 e. The van der Waals surface area contributed by atoms with Crippen molar-refractivity contribution in [2.24, 2.45) is 7.05 Å². The van der Waals surface area contributed by atoms with Crippen LogP contribution in [0.5, 0.6) is 5.75 Å². The van der Waals surface area contributed by atoms with Gasteiger partial charge in [0.1, 0.15) is 17.0 Å². The third-order valence-electron chi connectivity index (χ3n) is 5.69. The standard InChI is InChI=1S/C25H27F2N5O3/c1-13-7-8-20(35-15(3)26)16(9-13)12-32-22-17(23(33)31(32)6)10-19(27)21(30-22)18-11-28-24(25(4,5)34)29-14(18)2/h7-11,15,34H,12H2,1-6H3. The van der Waals surface area contributed by atoms with Crippen molar-refractivity contribution in [3.8, 4) is 17.0 Å². The van der Waals surface area contributed by atoms with E-state index in [1.54, 1.807) is 44.6 Å². The van der Waals surface area contributed by atoms with E-state index in [0.29, 0.717) is 22.6 Å². The van der Waals surface area contributed by atoms with Gasteiger partial charge in [0.05, 0.1) is 17.6 Å². The topological polar surface area (TPSA) is 95.1 Å². The molecule has 3 heterocycles. The number of halogens is 2. The average Bonchev–Trinajstić information content (AvgIpc) is 2.98. The summed E-state index contributed by atoms with van der Waals surface area (Å²) >= 11 is 0. The first-order valence-corrected chi connectivity index (χ1v) is 11.1. The molecule has 10 heteroatoms. The fourth-order valence-corrected chi connectivity index (χ4v) is 3.91. The number of rotatable bonds is 6. The van der Waals surface area contributed by atoms with Crippen LogP contribution >= 0.6 is 0 Å². The number of hydrogen-bond donors (Lipinski definition) is 1. The van der Waals surface area contributed by atoms with Crippen molar-refractivity contribution < 1.29 is 18.6 Å². The zero-order chi connectivity index (χ0) is 25.7. The molecule has 35 heavy (non-hydrogen) atoms. The Labute approximate surface area is 200 Å². The van der Waals surface area contributed by atoms with Crippen LogP contribution in [0.15, 0.2) is 35.3 Å². The number of fused-ring (bicyclic) bond motifs is 1. The van der Waals surface area contributed by atoms with Gasteiger partial charge in [-0.25, -0.2) is 23.7 Å². The van der Waals surface area contributed by atoms with Crippen molar-refractivity contribution in [3.05, 3.63) is 69.3 Å². The molecule has 0 bridgehead atoms. The summed E-state index contributed by atoms with van der Waals surface area (Å²) in [5, 5.41) is 10.3. The molecule has 184 valence electrons. The monoisotopic (exact) mass is 483 g/mol. The molecule has 0 spiro atoms. The van der Waals surface area contributed by atoms with E-state index in [9.17, 15) is 14.3 Å². The average molecular weight is 484 g/mol. The van der Waals surface area contributed by atoms with Gasteiger partial charge in [0.25, 0.3) is 5.56 Å². The van der Waals surface area contributed by atoms with Crippen molar-refractivity contribution in [2.75, 3.05) is 0 Å². The molecule has 0 saturated carbocycles. The predicted octanol–water partition coefficient (Wildman–Crippen LogP) is 3.92. The molecular formula is C25H27F2N5O3. The van der Waals surface area contributed by atoms with Gasteiger partial charge in [-0.15, -0.1) is 0 Å². The minimum atomic E-state index is -1.52. The molecule has 4 rings (SSSR count). The molecule has 8 nitrogen and oxygen atoms in total. The molecule has 1 atom stereocenters. The van der Waals surface area contributed by atoms with E-state index >= 15 is 4.39 Å².